The molecule has 2 aromatic rings. The van der Waals surface area contributed by atoms with Crippen LogP contribution in [0, 0.1) is 0 Å². The molecule has 3 rings (SSSR count). The minimum Gasteiger partial charge on any atom is -0.480 e. The van der Waals surface area contributed by atoms with Crippen LogP contribution in [0.2, 0.25) is 0 Å². The first-order chi connectivity index (χ1) is 12.1. The average Bonchev–Trinajstić information content (AvgIpc) is 2.93. The van der Waals surface area contributed by atoms with Gasteiger partial charge in [0.1, 0.15) is 17.9 Å². The van der Waals surface area contributed by atoms with Crippen molar-refractivity contribution in [3.8, 4) is 0 Å². The Bertz CT molecular complexity index is 785. The number of hydrogen-bond donors (Lipinski definition) is 2. The second-order valence-electron chi connectivity index (χ2n) is 6.08. The van der Waals surface area contributed by atoms with Crippen LogP contribution in [0.1, 0.15) is 18.7 Å². The van der Waals surface area contributed by atoms with Crippen molar-refractivity contribution in [1.29, 1.82) is 0 Å². The van der Waals surface area contributed by atoms with Crippen molar-refractivity contribution in [2.45, 2.75) is 30.7 Å². The van der Waals surface area contributed by atoms with Gasteiger partial charge in [0, 0.05) is 0 Å². The van der Waals surface area contributed by atoms with Crippen molar-refractivity contribution < 1.29 is 14.7 Å². The smallest absolute Gasteiger partial charge is 0.329 e. The standard InChI is InChI=1S/C17H21N3O3S2/c1-24-11-14-18-12-4-2-3-5-13(12)20(14)10-15(21)19-17(16(22)23)6-8-25-9-7-17/h2-5H,6-11H2,1H3,(H,19,21)(H,22,23). The Balaban J connectivity index is 1.84. The molecule has 6 nitrogen and oxygen atoms in total. The van der Waals surface area contributed by atoms with Gasteiger partial charge in [0.25, 0.3) is 0 Å². The highest BCUT2D eigenvalue weighted by atomic mass is 32.2. The number of rotatable bonds is 6. The number of fused-ring (bicyclic) bond motifs is 1. The average molecular weight is 380 g/mol. The van der Waals surface area contributed by atoms with Crippen LogP contribution in [0.5, 0.6) is 0 Å². The van der Waals surface area contributed by atoms with E-state index < -0.39 is 11.5 Å². The number of benzene rings is 1. The zero-order chi connectivity index (χ0) is 17.9. The molecule has 0 unspecified atom stereocenters. The van der Waals surface area contributed by atoms with E-state index in [9.17, 15) is 14.7 Å². The number of amides is 1. The van der Waals surface area contributed by atoms with Gasteiger partial charge in [-0.1, -0.05) is 12.1 Å². The van der Waals surface area contributed by atoms with Crippen LogP contribution in [-0.4, -0.2) is 49.8 Å². The third kappa shape index (κ3) is 3.79. The number of carboxylic acids is 1. The van der Waals surface area contributed by atoms with Gasteiger partial charge in [-0.3, -0.25) is 4.79 Å². The minimum atomic E-state index is -1.14. The summed E-state index contributed by atoms with van der Waals surface area (Å²) in [4.78, 5) is 29.0. The zero-order valence-electron chi connectivity index (χ0n) is 14.0. The first kappa shape index (κ1) is 18.1. The predicted molar refractivity (Wildman–Crippen MR) is 102 cm³/mol. The summed E-state index contributed by atoms with van der Waals surface area (Å²) in [6.07, 6.45) is 2.91. The molecule has 1 saturated heterocycles. The second-order valence-corrected chi connectivity index (χ2v) is 8.17. The fourth-order valence-corrected chi connectivity index (χ4v) is 4.77. The van der Waals surface area contributed by atoms with Gasteiger partial charge in [0.05, 0.1) is 16.8 Å². The minimum absolute atomic E-state index is 0.0819. The highest BCUT2D eigenvalue weighted by Gasteiger charge is 2.41. The van der Waals surface area contributed by atoms with Crippen molar-refractivity contribution in [1.82, 2.24) is 14.9 Å². The molecule has 0 radical (unpaired) electrons. The maximum atomic E-state index is 12.7. The lowest BCUT2D eigenvalue weighted by atomic mass is 9.92. The lowest BCUT2D eigenvalue weighted by Crippen LogP contribution is -2.57. The SMILES string of the molecule is CSCc1nc2ccccc2n1CC(=O)NC1(C(=O)O)CCSCC1. The first-order valence-electron chi connectivity index (χ1n) is 8.11. The van der Waals surface area contributed by atoms with Crippen LogP contribution in [-0.2, 0) is 21.9 Å². The summed E-state index contributed by atoms with van der Waals surface area (Å²) in [7, 11) is 0. The summed E-state index contributed by atoms with van der Waals surface area (Å²) in [6, 6.07) is 7.69. The number of aromatic nitrogens is 2. The normalized spacial score (nSPS) is 16.7. The molecule has 1 amide bonds. The third-order valence-corrected chi connectivity index (χ3v) is 5.98. The topological polar surface area (TPSA) is 84.2 Å². The summed E-state index contributed by atoms with van der Waals surface area (Å²) >= 11 is 3.36. The summed E-state index contributed by atoms with van der Waals surface area (Å²) in [5, 5.41) is 12.4. The summed E-state index contributed by atoms with van der Waals surface area (Å²) in [5.41, 5.74) is 0.602. The van der Waals surface area contributed by atoms with E-state index >= 15 is 0 Å². The van der Waals surface area contributed by atoms with E-state index in [0.717, 1.165) is 28.4 Å². The number of nitrogens with zero attached hydrogens (tertiary/aromatic N) is 2. The Kier molecular flexibility index (Phi) is 5.58. The monoisotopic (exact) mass is 379 g/mol. The Morgan fingerprint density at radius 2 is 2.08 bits per heavy atom. The maximum absolute atomic E-state index is 12.7. The molecule has 0 atom stereocenters. The van der Waals surface area contributed by atoms with Crippen molar-refractivity contribution in [3.05, 3.63) is 30.1 Å². The van der Waals surface area contributed by atoms with E-state index in [1.165, 1.54) is 0 Å². The number of carboxylic acid groups (broad SMARTS) is 1. The van der Waals surface area contributed by atoms with Crippen molar-refractivity contribution in [2.75, 3.05) is 17.8 Å². The number of aliphatic carboxylic acids is 1. The Morgan fingerprint density at radius 3 is 2.76 bits per heavy atom. The molecule has 0 aliphatic carbocycles. The van der Waals surface area contributed by atoms with Gasteiger partial charge in [-0.05, 0) is 42.7 Å². The number of thioether (sulfide) groups is 2. The van der Waals surface area contributed by atoms with Crippen molar-refractivity contribution >= 4 is 46.4 Å². The van der Waals surface area contributed by atoms with Crippen LogP contribution in [0.4, 0.5) is 0 Å². The van der Waals surface area contributed by atoms with E-state index in [-0.39, 0.29) is 12.5 Å². The highest BCUT2D eigenvalue weighted by Crippen LogP contribution is 2.27. The largest absolute Gasteiger partial charge is 0.480 e. The van der Waals surface area contributed by atoms with Crippen LogP contribution >= 0.6 is 23.5 Å². The van der Waals surface area contributed by atoms with Gasteiger partial charge in [0.2, 0.25) is 5.91 Å². The van der Waals surface area contributed by atoms with Crippen LogP contribution in [0.25, 0.3) is 11.0 Å². The molecule has 8 heteroatoms. The van der Waals surface area contributed by atoms with Gasteiger partial charge >= 0.3 is 5.97 Å². The number of hydrogen-bond acceptors (Lipinski definition) is 5. The fourth-order valence-electron chi connectivity index (χ4n) is 3.10. The Labute approximate surface area is 154 Å². The molecule has 0 bridgehead atoms. The lowest BCUT2D eigenvalue weighted by molar-refractivity contribution is -0.148. The summed E-state index contributed by atoms with van der Waals surface area (Å²) in [5.74, 6) is 1.80. The van der Waals surface area contributed by atoms with Gasteiger partial charge < -0.3 is 15.0 Å². The van der Waals surface area contributed by atoms with Gasteiger partial charge in [-0.15, -0.1) is 0 Å². The zero-order valence-corrected chi connectivity index (χ0v) is 15.7. The van der Waals surface area contributed by atoms with Crippen molar-refractivity contribution in [2.24, 2.45) is 0 Å². The maximum Gasteiger partial charge on any atom is 0.329 e. The molecule has 0 spiro atoms. The van der Waals surface area contributed by atoms with Crippen LogP contribution in [0.3, 0.4) is 0 Å². The Morgan fingerprint density at radius 1 is 1.36 bits per heavy atom. The number of nitrogens with one attached hydrogen (secondary N) is 1. The highest BCUT2D eigenvalue weighted by molar-refractivity contribution is 7.99. The predicted octanol–water partition coefficient (Wildman–Crippen LogP) is 2.37. The van der Waals surface area contributed by atoms with E-state index in [1.807, 2.05) is 35.1 Å². The molecule has 2 N–H and O–H groups in total. The molecule has 0 saturated carbocycles. The summed E-state index contributed by atoms with van der Waals surface area (Å²) < 4.78 is 1.88. The van der Waals surface area contributed by atoms with Gasteiger partial charge in [-0.25, -0.2) is 9.78 Å². The molecule has 134 valence electrons. The van der Waals surface area contributed by atoms with E-state index in [1.54, 1.807) is 23.5 Å². The molecule has 25 heavy (non-hydrogen) atoms. The molecular weight excluding hydrogens is 358 g/mol. The van der Waals surface area contributed by atoms with E-state index in [4.69, 9.17) is 0 Å². The molecule has 1 fully saturated rings. The van der Waals surface area contributed by atoms with Crippen LogP contribution < -0.4 is 5.32 Å². The molecule has 1 aromatic heterocycles. The van der Waals surface area contributed by atoms with Gasteiger partial charge in [0.15, 0.2) is 0 Å². The Hall–Kier alpha value is -1.67. The van der Waals surface area contributed by atoms with E-state index in [0.29, 0.717) is 18.6 Å². The number of para-hydroxylation sites is 2. The van der Waals surface area contributed by atoms with E-state index in [2.05, 4.69) is 10.3 Å². The second kappa shape index (κ2) is 7.70. The van der Waals surface area contributed by atoms with Crippen LogP contribution in [0.15, 0.2) is 24.3 Å². The molecular formula is C17H21N3O3S2. The quantitative estimate of drug-likeness (QED) is 0.802. The third-order valence-electron chi connectivity index (χ3n) is 4.44. The first-order valence-corrected chi connectivity index (χ1v) is 10.7. The fraction of sp³-hybridized carbons (Fsp3) is 0.471. The van der Waals surface area contributed by atoms with Crippen molar-refractivity contribution in [3.63, 3.8) is 0 Å². The molecule has 1 aliphatic rings. The molecule has 1 aliphatic heterocycles. The number of imidazole rings is 1. The summed E-state index contributed by atoms with van der Waals surface area (Å²) in [6.45, 7) is 0.0819. The molecule has 2 heterocycles. The number of carbonyl (C=O) groups excluding carboxylic acids is 1. The number of carbonyl (C=O) groups is 2. The lowest BCUT2D eigenvalue weighted by Gasteiger charge is -2.33. The molecule has 1 aromatic carbocycles. The van der Waals surface area contributed by atoms with Gasteiger partial charge in [-0.2, -0.15) is 23.5 Å².